The average Bonchev–Trinajstić information content (AvgIpc) is 2.19. The Balaban J connectivity index is 2.31. The number of benzene rings is 1. The maximum absolute atomic E-state index is 8.53. The highest BCUT2D eigenvalue weighted by Crippen LogP contribution is 1.96. The Morgan fingerprint density at radius 3 is 2.54 bits per heavy atom. The summed E-state index contributed by atoms with van der Waals surface area (Å²) in [6.07, 6.45) is 2.70. The topological polar surface area (TPSA) is 20.2 Å². The van der Waals surface area contributed by atoms with Crippen LogP contribution in [-0.4, -0.2) is 11.7 Å². The average molecular weight is 174 g/mol. The number of unbranched alkanes of at least 4 members (excludes halogenated alkanes) is 2. The van der Waals surface area contributed by atoms with E-state index in [1.54, 1.807) is 0 Å². The van der Waals surface area contributed by atoms with Crippen molar-refractivity contribution >= 4 is 0 Å². The minimum absolute atomic E-state index is 0.271. The molecule has 0 unspecified atom stereocenters. The predicted octanol–water partition coefficient (Wildman–Crippen LogP) is 2.20. The molecule has 0 bridgehead atoms. The molecule has 0 atom stereocenters. The van der Waals surface area contributed by atoms with Gasteiger partial charge >= 0.3 is 0 Å². The molecule has 0 saturated carbocycles. The third-order valence-corrected chi connectivity index (χ3v) is 1.72. The van der Waals surface area contributed by atoms with E-state index in [0.717, 1.165) is 24.8 Å². The second-order valence-electron chi connectivity index (χ2n) is 2.85. The summed E-state index contributed by atoms with van der Waals surface area (Å²) in [5, 5.41) is 8.53. The number of hydrogen-bond donors (Lipinski definition) is 1. The van der Waals surface area contributed by atoms with Gasteiger partial charge in [0.1, 0.15) is 0 Å². The molecule has 0 aliphatic heterocycles. The van der Waals surface area contributed by atoms with Crippen molar-refractivity contribution in [3.8, 4) is 11.8 Å². The van der Waals surface area contributed by atoms with Crippen LogP contribution in [0.2, 0.25) is 0 Å². The summed E-state index contributed by atoms with van der Waals surface area (Å²) in [6, 6.07) is 9.95. The number of hydrogen-bond acceptors (Lipinski definition) is 1. The maximum atomic E-state index is 8.53. The zero-order valence-corrected chi connectivity index (χ0v) is 7.66. The van der Waals surface area contributed by atoms with E-state index in [-0.39, 0.29) is 6.61 Å². The second-order valence-corrected chi connectivity index (χ2v) is 2.85. The number of aliphatic hydroxyl groups is 1. The molecule has 0 aliphatic rings. The fourth-order valence-electron chi connectivity index (χ4n) is 1.01. The zero-order chi connectivity index (χ0) is 9.36. The molecular weight excluding hydrogens is 160 g/mol. The van der Waals surface area contributed by atoms with Crippen LogP contribution >= 0.6 is 0 Å². The van der Waals surface area contributed by atoms with Gasteiger partial charge in [-0.05, 0) is 25.0 Å². The molecule has 1 heteroatoms. The van der Waals surface area contributed by atoms with Crippen LogP contribution in [0.5, 0.6) is 0 Å². The van der Waals surface area contributed by atoms with Crippen LogP contribution in [0, 0.1) is 11.8 Å². The van der Waals surface area contributed by atoms with Gasteiger partial charge in [-0.15, -0.1) is 0 Å². The molecule has 68 valence electrons. The van der Waals surface area contributed by atoms with Gasteiger partial charge in [0.15, 0.2) is 0 Å². The van der Waals surface area contributed by atoms with Crippen molar-refractivity contribution in [2.24, 2.45) is 0 Å². The monoisotopic (exact) mass is 174 g/mol. The van der Waals surface area contributed by atoms with Gasteiger partial charge < -0.3 is 5.11 Å². The van der Waals surface area contributed by atoms with Gasteiger partial charge in [-0.3, -0.25) is 0 Å². The summed E-state index contributed by atoms with van der Waals surface area (Å²) >= 11 is 0. The van der Waals surface area contributed by atoms with E-state index in [0.29, 0.717) is 0 Å². The van der Waals surface area contributed by atoms with Gasteiger partial charge in [0.2, 0.25) is 0 Å². The first-order valence-corrected chi connectivity index (χ1v) is 4.58. The summed E-state index contributed by atoms with van der Waals surface area (Å²) in [7, 11) is 0. The lowest BCUT2D eigenvalue weighted by atomic mass is 10.2. The lowest BCUT2D eigenvalue weighted by Gasteiger charge is -1.89. The molecule has 0 spiro atoms. The molecule has 1 nitrogen and oxygen atoms in total. The van der Waals surface area contributed by atoms with E-state index in [2.05, 4.69) is 11.8 Å². The van der Waals surface area contributed by atoms with Crippen molar-refractivity contribution in [3.63, 3.8) is 0 Å². The molecule has 1 aromatic rings. The standard InChI is InChI=1S/C12H14O/c13-11-7-2-1-4-8-12-9-5-3-6-10-12/h3,5-6,9-10,13H,1-2,7,11H2. The third-order valence-electron chi connectivity index (χ3n) is 1.72. The van der Waals surface area contributed by atoms with Crippen LogP contribution in [0.4, 0.5) is 0 Å². The molecule has 0 aromatic heterocycles. The summed E-state index contributed by atoms with van der Waals surface area (Å²) in [5.74, 6) is 6.15. The van der Waals surface area contributed by atoms with Crippen LogP contribution < -0.4 is 0 Å². The number of rotatable bonds is 3. The Morgan fingerprint density at radius 1 is 1.08 bits per heavy atom. The Kier molecular flexibility index (Phi) is 4.74. The van der Waals surface area contributed by atoms with Crippen LogP contribution in [0.1, 0.15) is 24.8 Å². The van der Waals surface area contributed by atoms with E-state index in [4.69, 9.17) is 5.11 Å². The van der Waals surface area contributed by atoms with Gasteiger partial charge in [-0.2, -0.15) is 0 Å². The summed E-state index contributed by atoms with van der Waals surface area (Å²) in [4.78, 5) is 0. The molecule has 0 amide bonds. The molecule has 0 fully saturated rings. The molecule has 0 heterocycles. The van der Waals surface area contributed by atoms with Gasteiger partial charge in [0.25, 0.3) is 0 Å². The Labute approximate surface area is 79.4 Å². The summed E-state index contributed by atoms with van der Waals surface area (Å²) < 4.78 is 0. The first kappa shape index (κ1) is 9.83. The minimum atomic E-state index is 0.271. The SMILES string of the molecule is OCCCCC#Cc1ccccc1. The van der Waals surface area contributed by atoms with E-state index < -0.39 is 0 Å². The highest BCUT2D eigenvalue weighted by molar-refractivity contribution is 5.33. The summed E-state index contributed by atoms with van der Waals surface area (Å²) in [5.41, 5.74) is 1.06. The lowest BCUT2D eigenvalue weighted by Crippen LogP contribution is -1.80. The fourth-order valence-corrected chi connectivity index (χ4v) is 1.01. The molecule has 0 saturated heterocycles. The zero-order valence-electron chi connectivity index (χ0n) is 7.66. The minimum Gasteiger partial charge on any atom is -0.396 e. The molecule has 13 heavy (non-hydrogen) atoms. The number of aliphatic hydroxyl groups excluding tert-OH is 1. The molecule has 1 aromatic carbocycles. The van der Waals surface area contributed by atoms with Crippen molar-refractivity contribution in [2.45, 2.75) is 19.3 Å². The normalized spacial score (nSPS) is 9.00. The van der Waals surface area contributed by atoms with Crippen LogP contribution in [0.25, 0.3) is 0 Å². The lowest BCUT2D eigenvalue weighted by molar-refractivity contribution is 0.285. The van der Waals surface area contributed by atoms with E-state index in [1.165, 1.54) is 0 Å². The molecule has 1 rings (SSSR count). The van der Waals surface area contributed by atoms with Crippen molar-refractivity contribution in [1.82, 2.24) is 0 Å². The van der Waals surface area contributed by atoms with Gasteiger partial charge in [0, 0.05) is 18.6 Å². The van der Waals surface area contributed by atoms with E-state index >= 15 is 0 Å². The Bertz CT molecular complexity index is 279. The van der Waals surface area contributed by atoms with Gasteiger partial charge in [0.05, 0.1) is 0 Å². The second kappa shape index (κ2) is 6.28. The van der Waals surface area contributed by atoms with E-state index in [9.17, 15) is 0 Å². The highest BCUT2D eigenvalue weighted by atomic mass is 16.2. The summed E-state index contributed by atoms with van der Waals surface area (Å²) in [6.45, 7) is 0.271. The van der Waals surface area contributed by atoms with Crippen LogP contribution in [0.3, 0.4) is 0 Å². The van der Waals surface area contributed by atoms with Crippen LogP contribution in [-0.2, 0) is 0 Å². The Hall–Kier alpha value is -1.26. The largest absolute Gasteiger partial charge is 0.396 e. The maximum Gasteiger partial charge on any atom is 0.0431 e. The molecular formula is C12H14O. The van der Waals surface area contributed by atoms with Gasteiger partial charge in [-0.1, -0.05) is 30.0 Å². The first-order chi connectivity index (χ1) is 6.43. The van der Waals surface area contributed by atoms with Crippen molar-refractivity contribution < 1.29 is 5.11 Å². The van der Waals surface area contributed by atoms with Crippen LogP contribution in [0.15, 0.2) is 30.3 Å². The van der Waals surface area contributed by atoms with E-state index in [1.807, 2.05) is 30.3 Å². The van der Waals surface area contributed by atoms with Crippen molar-refractivity contribution in [2.75, 3.05) is 6.61 Å². The quantitative estimate of drug-likeness (QED) is 0.550. The highest BCUT2D eigenvalue weighted by Gasteiger charge is 1.83. The smallest absolute Gasteiger partial charge is 0.0431 e. The predicted molar refractivity (Wildman–Crippen MR) is 54.3 cm³/mol. The molecule has 1 N–H and O–H groups in total. The third kappa shape index (κ3) is 4.35. The molecule has 0 aliphatic carbocycles. The van der Waals surface area contributed by atoms with Crippen molar-refractivity contribution in [1.29, 1.82) is 0 Å². The van der Waals surface area contributed by atoms with Crippen molar-refractivity contribution in [3.05, 3.63) is 35.9 Å². The Morgan fingerprint density at radius 2 is 1.85 bits per heavy atom. The fraction of sp³-hybridized carbons (Fsp3) is 0.333. The molecule has 0 radical (unpaired) electrons. The first-order valence-electron chi connectivity index (χ1n) is 4.58. The van der Waals surface area contributed by atoms with Gasteiger partial charge in [-0.25, -0.2) is 0 Å².